The van der Waals surface area contributed by atoms with Gasteiger partial charge in [-0.05, 0) is 17.9 Å². The summed E-state index contributed by atoms with van der Waals surface area (Å²) in [4.78, 5) is 22.2. The Kier molecular flexibility index (Phi) is 7.80. The molecule has 1 unspecified atom stereocenters. The van der Waals surface area contributed by atoms with Crippen molar-refractivity contribution in [1.82, 2.24) is 5.32 Å². The maximum absolute atomic E-state index is 11.8. The molecule has 0 heterocycles. The fourth-order valence-corrected chi connectivity index (χ4v) is 2.51. The molecule has 0 saturated heterocycles. The van der Waals surface area contributed by atoms with Crippen LogP contribution in [-0.2, 0) is 9.59 Å². The van der Waals surface area contributed by atoms with Gasteiger partial charge in [0.2, 0.25) is 5.91 Å². The zero-order chi connectivity index (χ0) is 14.8. The summed E-state index contributed by atoms with van der Waals surface area (Å²) < 4.78 is 0. The Hall–Kier alpha value is -1.49. The lowest BCUT2D eigenvalue weighted by molar-refractivity contribution is -0.133. The highest BCUT2D eigenvalue weighted by Gasteiger charge is 2.13. The van der Waals surface area contributed by atoms with Gasteiger partial charge < -0.3 is 10.4 Å². The minimum atomic E-state index is -0.823. The lowest BCUT2D eigenvalue weighted by atomic mass is 9.93. The maximum Gasteiger partial charge on any atom is 0.313 e. The van der Waals surface area contributed by atoms with Gasteiger partial charge in [0, 0.05) is 18.7 Å². The second-order valence-electron chi connectivity index (χ2n) is 4.52. The first-order valence-corrected chi connectivity index (χ1v) is 7.90. The van der Waals surface area contributed by atoms with Crippen LogP contribution in [0.4, 0.5) is 0 Å². The number of carboxylic acid groups (broad SMARTS) is 1. The molecule has 0 aliphatic heterocycles. The summed E-state index contributed by atoms with van der Waals surface area (Å²) in [5.74, 6) is 0.147. The summed E-state index contributed by atoms with van der Waals surface area (Å²) in [6.07, 6.45) is 1.40. The first-order chi connectivity index (χ1) is 9.63. The average Bonchev–Trinajstić information content (AvgIpc) is 2.45. The van der Waals surface area contributed by atoms with Crippen LogP contribution in [0, 0.1) is 0 Å². The van der Waals surface area contributed by atoms with E-state index >= 15 is 0 Å². The van der Waals surface area contributed by atoms with Gasteiger partial charge in [0.1, 0.15) is 0 Å². The van der Waals surface area contributed by atoms with Crippen LogP contribution in [0.15, 0.2) is 30.3 Å². The first-order valence-electron chi connectivity index (χ1n) is 6.74. The number of carbonyl (C=O) groups excluding carboxylic acids is 1. The van der Waals surface area contributed by atoms with E-state index in [1.807, 2.05) is 30.3 Å². The van der Waals surface area contributed by atoms with Gasteiger partial charge in [-0.15, -0.1) is 11.8 Å². The Labute approximate surface area is 124 Å². The van der Waals surface area contributed by atoms with Crippen molar-refractivity contribution >= 4 is 23.6 Å². The summed E-state index contributed by atoms with van der Waals surface area (Å²) in [5.41, 5.74) is 1.19. The molecule has 5 heteroatoms. The average molecular weight is 295 g/mol. The van der Waals surface area contributed by atoms with E-state index in [4.69, 9.17) is 5.11 Å². The Bertz CT molecular complexity index is 422. The molecule has 1 rings (SSSR count). The summed E-state index contributed by atoms with van der Waals surface area (Å²) >= 11 is 1.31. The van der Waals surface area contributed by atoms with E-state index in [1.54, 1.807) is 0 Å². The quantitative estimate of drug-likeness (QED) is 0.687. The number of amides is 1. The predicted octanol–water partition coefficient (Wildman–Crippen LogP) is 2.50. The van der Waals surface area contributed by atoms with Gasteiger partial charge in [-0.1, -0.05) is 37.3 Å². The zero-order valence-electron chi connectivity index (χ0n) is 11.7. The highest BCUT2D eigenvalue weighted by atomic mass is 32.2. The largest absolute Gasteiger partial charge is 0.481 e. The van der Waals surface area contributed by atoms with Gasteiger partial charge in [-0.3, -0.25) is 9.59 Å². The standard InChI is InChI=1S/C15H21NO3S/c1-2-12(13-6-4-3-5-7-13)10-14(17)16-8-9-20-11-15(18)19/h3-7,12H,2,8-11H2,1H3,(H,16,17)(H,18,19). The van der Waals surface area contributed by atoms with Crippen molar-refractivity contribution in [1.29, 1.82) is 0 Å². The molecule has 110 valence electrons. The van der Waals surface area contributed by atoms with Gasteiger partial charge in [0.25, 0.3) is 0 Å². The molecule has 0 saturated carbocycles. The minimum Gasteiger partial charge on any atom is -0.481 e. The molecule has 0 bridgehead atoms. The SMILES string of the molecule is CCC(CC(=O)NCCSCC(=O)O)c1ccccc1. The molecule has 0 spiro atoms. The second kappa shape index (κ2) is 9.42. The molecule has 0 radical (unpaired) electrons. The lowest BCUT2D eigenvalue weighted by Gasteiger charge is -2.15. The smallest absolute Gasteiger partial charge is 0.313 e. The van der Waals surface area contributed by atoms with Crippen LogP contribution >= 0.6 is 11.8 Å². The van der Waals surface area contributed by atoms with E-state index in [2.05, 4.69) is 12.2 Å². The molecule has 0 aromatic heterocycles. The first kappa shape index (κ1) is 16.6. The number of carboxylic acids is 1. The van der Waals surface area contributed by atoms with Crippen LogP contribution in [0.25, 0.3) is 0 Å². The van der Waals surface area contributed by atoms with E-state index in [0.29, 0.717) is 18.7 Å². The molecule has 1 amide bonds. The van der Waals surface area contributed by atoms with E-state index in [1.165, 1.54) is 17.3 Å². The number of benzene rings is 1. The molecular formula is C15H21NO3S. The van der Waals surface area contributed by atoms with Crippen LogP contribution in [0.3, 0.4) is 0 Å². The monoisotopic (exact) mass is 295 g/mol. The van der Waals surface area contributed by atoms with Crippen molar-refractivity contribution in [2.24, 2.45) is 0 Å². The van der Waals surface area contributed by atoms with Gasteiger partial charge in [-0.2, -0.15) is 0 Å². The molecule has 0 aliphatic rings. The lowest BCUT2D eigenvalue weighted by Crippen LogP contribution is -2.27. The number of nitrogens with one attached hydrogen (secondary N) is 1. The zero-order valence-corrected chi connectivity index (χ0v) is 12.5. The van der Waals surface area contributed by atoms with Crippen LogP contribution in [0.2, 0.25) is 0 Å². The summed E-state index contributed by atoms with van der Waals surface area (Å²) in [7, 11) is 0. The van der Waals surface area contributed by atoms with Crippen LogP contribution in [0.1, 0.15) is 31.2 Å². The third kappa shape index (κ3) is 6.61. The number of rotatable bonds is 9. The Morgan fingerprint density at radius 1 is 1.30 bits per heavy atom. The van der Waals surface area contributed by atoms with Crippen LogP contribution < -0.4 is 5.32 Å². The number of hydrogen-bond donors (Lipinski definition) is 2. The van der Waals surface area contributed by atoms with Crippen molar-refractivity contribution in [3.05, 3.63) is 35.9 Å². The van der Waals surface area contributed by atoms with Gasteiger partial charge >= 0.3 is 5.97 Å². The molecular weight excluding hydrogens is 274 g/mol. The third-order valence-corrected chi connectivity index (χ3v) is 3.93. The Morgan fingerprint density at radius 3 is 2.60 bits per heavy atom. The topological polar surface area (TPSA) is 66.4 Å². The van der Waals surface area contributed by atoms with Crippen molar-refractivity contribution < 1.29 is 14.7 Å². The molecule has 1 atom stereocenters. The molecule has 2 N–H and O–H groups in total. The molecule has 1 aromatic carbocycles. The van der Waals surface area contributed by atoms with Crippen LogP contribution in [0.5, 0.6) is 0 Å². The predicted molar refractivity (Wildman–Crippen MR) is 82.1 cm³/mol. The van der Waals surface area contributed by atoms with Crippen molar-refractivity contribution in [2.45, 2.75) is 25.7 Å². The van der Waals surface area contributed by atoms with Crippen molar-refractivity contribution in [2.75, 3.05) is 18.1 Å². The van der Waals surface area contributed by atoms with Crippen LogP contribution in [-0.4, -0.2) is 35.0 Å². The Balaban J connectivity index is 2.28. The number of hydrogen-bond acceptors (Lipinski definition) is 3. The summed E-state index contributed by atoms with van der Waals surface area (Å²) in [6.45, 7) is 2.59. The van der Waals surface area contributed by atoms with Crippen molar-refractivity contribution in [3.63, 3.8) is 0 Å². The number of carbonyl (C=O) groups is 2. The summed E-state index contributed by atoms with van der Waals surface area (Å²) in [5, 5.41) is 11.3. The highest BCUT2D eigenvalue weighted by molar-refractivity contribution is 7.99. The van der Waals surface area contributed by atoms with E-state index in [-0.39, 0.29) is 17.6 Å². The summed E-state index contributed by atoms with van der Waals surface area (Å²) in [6, 6.07) is 10.0. The van der Waals surface area contributed by atoms with E-state index in [9.17, 15) is 9.59 Å². The maximum atomic E-state index is 11.8. The fraction of sp³-hybridized carbons (Fsp3) is 0.467. The molecule has 1 aromatic rings. The van der Waals surface area contributed by atoms with E-state index in [0.717, 1.165) is 6.42 Å². The molecule has 20 heavy (non-hydrogen) atoms. The van der Waals surface area contributed by atoms with Gasteiger partial charge in [-0.25, -0.2) is 0 Å². The van der Waals surface area contributed by atoms with E-state index < -0.39 is 5.97 Å². The third-order valence-electron chi connectivity index (χ3n) is 2.99. The fourth-order valence-electron chi connectivity index (χ4n) is 1.94. The van der Waals surface area contributed by atoms with Gasteiger partial charge in [0.15, 0.2) is 0 Å². The molecule has 4 nitrogen and oxygen atoms in total. The van der Waals surface area contributed by atoms with Gasteiger partial charge in [0.05, 0.1) is 5.75 Å². The van der Waals surface area contributed by atoms with Crippen molar-refractivity contribution in [3.8, 4) is 0 Å². The highest BCUT2D eigenvalue weighted by Crippen LogP contribution is 2.22. The Morgan fingerprint density at radius 2 is 2.00 bits per heavy atom. The normalized spacial score (nSPS) is 11.8. The number of thioether (sulfide) groups is 1. The molecule has 0 aliphatic carbocycles. The minimum absolute atomic E-state index is 0.0247. The number of aliphatic carboxylic acids is 1. The molecule has 0 fully saturated rings. The second-order valence-corrected chi connectivity index (χ2v) is 5.62.